The minimum absolute atomic E-state index is 0.319. The standard InChI is InChI=1S/C10H16O2/c1-2-8-5-3-4-6-9(8)7-10(11)12/h2,9H,3-7H2,1H3,(H,11,12)/b8-2+/t9-/m0/s1. The van der Waals surface area contributed by atoms with Crippen LogP contribution in [0.1, 0.15) is 39.0 Å². The summed E-state index contributed by atoms with van der Waals surface area (Å²) in [6.45, 7) is 2.01. The molecule has 0 bridgehead atoms. The molecule has 0 heterocycles. The largest absolute Gasteiger partial charge is 0.481 e. The van der Waals surface area contributed by atoms with Gasteiger partial charge in [-0.2, -0.15) is 0 Å². The zero-order valence-electron chi connectivity index (χ0n) is 7.55. The third kappa shape index (κ3) is 2.36. The fraction of sp³-hybridized carbons (Fsp3) is 0.700. The highest BCUT2D eigenvalue weighted by Gasteiger charge is 2.20. The number of carbonyl (C=O) groups is 1. The quantitative estimate of drug-likeness (QED) is 0.643. The summed E-state index contributed by atoms with van der Waals surface area (Å²) in [5, 5.41) is 8.65. The van der Waals surface area contributed by atoms with Crippen LogP contribution in [0.4, 0.5) is 0 Å². The summed E-state index contributed by atoms with van der Waals surface area (Å²) in [6.07, 6.45) is 7.00. The van der Waals surface area contributed by atoms with Crippen molar-refractivity contribution in [3.05, 3.63) is 11.6 Å². The van der Waals surface area contributed by atoms with Crippen LogP contribution in [0.2, 0.25) is 0 Å². The van der Waals surface area contributed by atoms with E-state index in [4.69, 9.17) is 5.11 Å². The molecular weight excluding hydrogens is 152 g/mol. The molecule has 0 aromatic carbocycles. The van der Waals surface area contributed by atoms with E-state index >= 15 is 0 Å². The molecule has 1 saturated carbocycles. The maximum Gasteiger partial charge on any atom is 0.303 e. The molecular formula is C10H16O2. The van der Waals surface area contributed by atoms with Crippen LogP contribution in [0.25, 0.3) is 0 Å². The second-order valence-electron chi connectivity index (χ2n) is 3.40. The van der Waals surface area contributed by atoms with E-state index in [2.05, 4.69) is 6.08 Å². The second kappa shape index (κ2) is 4.29. The van der Waals surface area contributed by atoms with Crippen molar-refractivity contribution < 1.29 is 9.90 Å². The Bertz CT molecular complexity index is 194. The summed E-state index contributed by atoms with van der Waals surface area (Å²) in [7, 11) is 0. The molecule has 0 amide bonds. The van der Waals surface area contributed by atoms with Gasteiger partial charge in [0, 0.05) is 0 Å². The van der Waals surface area contributed by atoms with Crippen molar-refractivity contribution in [2.75, 3.05) is 0 Å². The number of carboxylic acids is 1. The summed E-state index contributed by atoms with van der Waals surface area (Å²) in [5.41, 5.74) is 1.35. The molecule has 2 heteroatoms. The van der Waals surface area contributed by atoms with Crippen LogP contribution in [0, 0.1) is 5.92 Å². The molecule has 0 unspecified atom stereocenters. The number of hydrogen-bond donors (Lipinski definition) is 1. The summed E-state index contributed by atoms with van der Waals surface area (Å²) in [6, 6.07) is 0. The van der Waals surface area contributed by atoms with Gasteiger partial charge in [-0.3, -0.25) is 4.79 Å². The fourth-order valence-electron chi connectivity index (χ4n) is 1.93. The Labute approximate surface area is 73.3 Å². The first-order valence-electron chi connectivity index (χ1n) is 4.61. The zero-order valence-corrected chi connectivity index (χ0v) is 7.55. The highest BCUT2D eigenvalue weighted by Crippen LogP contribution is 2.31. The molecule has 0 aliphatic heterocycles. The van der Waals surface area contributed by atoms with Gasteiger partial charge in [0.1, 0.15) is 0 Å². The minimum Gasteiger partial charge on any atom is -0.481 e. The number of carboxylic acid groups (broad SMARTS) is 1. The molecule has 0 spiro atoms. The molecule has 0 aromatic rings. The zero-order chi connectivity index (χ0) is 8.97. The van der Waals surface area contributed by atoms with Crippen LogP contribution in [0.3, 0.4) is 0 Å². The van der Waals surface area contributed by atoms with Gasteiger partial charge >= 0.3 is 5.97 Å². The van der Waals surface area contributed by atoms with Crippen LogP contribution >= 0.6 is 0 Å². The van der Waals surface area contributed by atoms with E-state index < -0.39 is 5.97 Å². The van der Waals surface area contributed by atoms with E-state index in [1.807, 2.05) is 6.92 Å². The normalized spacial score (nSPS) is 27.4. The van der Waals surface area contributed by atoms with Crippen molar-refractivity contribution in [2.24, 2.45) is 5.92 Å². The third-order valence-electron chi connectivity index (χ3n) is 2.58. The third-order valence-corrected chi connectivity index (χ3v) is 2.58. The molecule has 2 nitrogen and oxygen atoms in total. The van der Waals surface area contributed by atoms with E-state index in [1.54, 1.807) is 0 Å². The van der Waals surface area contributed by atoms with Crippen LogP contribution < -0.4 is 0 Å². The van der Waals surface area contributed by atoms with Crippen molar-refractivity contribution >= 4 is 5.97 Å². The van der Waals surface area contributed by atoms with Crippen LogP contribution in [0.15, 0.2) is 11.6 Å². The Morgan fingerprint density at radius 3 is 3.00 bits per heavy atom. The maximum atomic E-state index is 10.5. The Morgan fingerprint density at radius 2 is 2.42 bits per heavy atom. The summed E-state index contributed by atoms with van der Waals surface area (Å²) in [5.74, 6) is -0.345. The lowest BCUT2D eigenvalue weighted by Gasteiger charge is -2.23. The van der Waals surface area contributed by atoms with E-state index in [9.17, 15) is 4.79 Å². The lowest BCUT2D eigenvalue weighted by Crippen LogP contribution is -2.14. The fourth-order valence-corrected chi connectivity index (χ4v) is 1.93. The van der Waals surface area contributed by atoms with Crippen molar-refractivity contribution in [3.63, 3.8) is 0 Å². The van der Waals surface area contributed by atoms with Crippen molar-refractivity contribution in [1.29, 1.82) is 0 Å². The predicted molar refractivity (Wildman–Crippen MR) is 48.0 cm³/mol. The Kier molecular flexibility index (Phi) is 3.32. The van der Waals surface area contributed by atoms with Crippen molar-refractivity contribution in [1.82, 2.24) is 0 Å². The lowest BCUT2D eigenvalue weighted by atomic mass is 9.82. The van der Waals surface area contributed by atoms with Crippen LogP contribution in [0.5, 0.6) is 0 Å². The van der Waals surface area contributed by atoms with E-state index in [0.717, 1.165) is 12.8 Å². The molecule has 1 rings (SSSR count). The molecule has 1 atom stereocenters. The van der Waals surface area contributed by atoms with Gasteiger partial charge in [-0.1, -0.05) is 18.1 Å². The maximum absolute atomic E-state index is 10.5. The van der Waals surface area contributed by atoms with Crippen molar-refractivity contribution in [2.45, 2.75) is 39.0 Å². The minimum atomic E-state index is -0.666. The SMILES string of the molecule is C/C=C1\CCCC[C@H]1CC(=O)O. The average molecular weight is 168 g/mol. The van der Waals surface area contributed by atoms with E-state index in [-0.39, 0.29) is 0 Å². The first kappa shape index (κ1) is 9.30. The van der Waals surface area contributed by atoms with Crippen molar-refractivity contribution in [3.8, 4) is 0 Å². The molecule has 0 saturated heterocycles. The topological polar surface area (TPSA) is 37.3 Å². The van der Waals surface area contributed by atoms with Gasteiger partial charge in [0.15, 0.2) is 0 Å². The molecule has 0 aromatic heterocycles. The van der Waals surface area contributed by atoms with Gasteiger partial charge in [-0.25, -0.2) is 0 Å². The smallest absolute Gasteiger partial charge is 0.303 e. The molecule has 1 aliphatic carbocycles. The Balaban J connectivity index is 2.53. The van der Waals surface area contributed by atoms with Gasteiger partial charge in [0.25, 0.3) is 0 Å². The number of rotatable bonds is 2. The van der Waals surface area contributed by atoms with Gasteiger partial charge < -0.3 is 5.11 Å². The first-order chi connectivity index (χ1) is 5.74. The Morgan fingerprint density at radius 1 is 1.67 bits per heavy atom. The van der Waals surface area contributed by atoms with Crippen LogP contribution in [-0.4, -0.2) is 11.1 Å². The highest BCUT2D eigenvalue weighted by molar-refractivity contribution is 5.67. The molecule has 68 valence electrons. The second-order valence-corrected chi connectivity index (χ2v) is 3.40. The monoisotopic (exact) mass is 168 g/mol. The molecule has 1 fully saturated rings. The van der Waals surface area contributed by atoms with Gasteiger partial charge in [-0.05, 0) is 32.1 Å². The van der Waals surface area contributed by atoms with Gasteiger partial charge in [0.05, 0.1) is 6.42 Å². The lowest BCUT2D eigenvalue weighted by molar-refractivity contribution is -0.137. The Hall–Kier alpha value is -0.790. The molecule has 1 aliphatic rings. The number of allylic oxidation sites excluding steroid dienone is 2. The average Bonchev–Trinajstić information content (AvgIpc) is 2.04. The van der Waals surface area contributed by atoms with Gasteiger partial charge in [0.2, 0.25) is 0 Å². The number of hydrogen-bond acceptors (Lipinski definition) is 1. The van der Waals surface area contributed by atoms with E-state index in [1.165, 1.54) is 18.4 Å². The van der Waals surface area contributed by atoms with Crippen LogP contribution in [-0.2, 0) is 4.79 Å². The summed E-state index contributed by atoms with van der Waals surface area (Å²) < 4.78 is 0. The molecule has 12 heavy (non-hydrogen) atoms. The first-order valence-corrected chi connectivity index (χ1v) is 4.61. The van der Waals surface area contributed by atoms with E-state index in [0.29, 0.717) is 12.3 Å². The summed E-state index contributed by atoms with van der Waals surface area (Å²) >= 11 is 0. The predicted octanol–water partition coefficient (Wildman–Crippen LogP) is 2.60. The van der Waals surface area contributed by atoms with Gasteiger partial charge in [-0.15, -0.1) is 0 Å². The number of aliphatic carboxylic acids is 1. The molecule has 0 radical (unpaired) electrons. The molecule has 1 N–H and O–H groups in total. The summed E-state index contributed by atoms with van der Waals surface area (Å²) in [4.78, 5) is 10.5. The highest BCUT2D eigenvalue weighted by atomic mass is 16.4.